The average Bonchev–Trinajstić information content (AvgIpc) is 2.25. The van der Waals surface area contributed by atoms with Gasteiger partial charge in [0, 0.05) is 6.54 Å². The zero-order valence-corrected chi connectivity index (χ0v) is 9.91. The predicted molar refractivity (Wildman–Crippen MR) is 62.1 cm³/mol. The first-order valence-electron chi connectivity index (χ1n) is 5.24. The van der Waals surface area contributed by atoms with Gasteiger partial charge < -0.3 is 10.6 Å². The van der Waals surface area contributed by atoms with Gasteiger partial charge in [0.1, 0.15) is 5.69 Å². The van der Waals surface area contributed by atoms with Crippen LogP contribution in [0.1, 0.15) is 12.6 Å². The molecule has 2 N–H and O–H groups in total. The molecule has 0 amide bonds. The molecule has 0 aliphatic carbocycles. The Morgan fingerprint density at radius 1 is 1.39 bits per heavy atom. The molecule has 0 atom stereocenters. The van der Waals surface area contributed by atoms with E-state index in [1.54, 1.807) is 6.92 Å². The van der Waals surface area contributed by atoms with Crippen molar-refractivity contribution in [2.45, 2.75) is 20.3 Å². The molecule has 1 rings (SSSR count). The first-order valence-corrected chi connectivity index (χ1v) is 5.24. The van der Waals surface area contributed by atoms with Gasteiger partial charge in [-0.3, -0.25) is 10.1 Å². The highest BCUT2D eigenvalue weighted by molar-refractivity contribution is 5.60. The molecule has 0 bridgehead atoms. The van der Waals surface area contributed by atoms with Gasteiger partial charge in [0.25, 0.3) is 6.43 Å². The summed E-state index contributed by atoms with van der Waals surface area (Å²) in [4.78, 5) is 17.8. The van der Waals surface area contributed by atoms with Crippen LogP contribution < -0.4 is 10.6 Å². The number of halogens is 2. The lowest BCUT2D eigenvalue weighted by Gasteiger charge is -2.09. The number of hydrogen-bond donors (Lipinski definition) is 2. The minimum absolute atomic E-state index is 0.114. The molecular formula is C9H13F2N5O2. The highest BCUT2D eigenvalue weighted by Gasteiger charge is 2.22. The fourth-order valence-electron chi connectivity index (χ4n) is 1.32. The molecule has 18 heavy (non-hydrogen) atoms. The molecule has 0 radical (unpaired) electrons. The van der Waals surface area contributed by atoms with Gasteiger partial charge in [0.15, 0.2) is 0 Å². The first-order chi connectivity index (χ1) is 8.45. The summed E-state index contributed by atoms with van der Waals surface area (Å²) in [6, 6.07) is 0. The van der Waals surface area contributed by atoms with Crippen molar-refractivity contribution in [1.29, 1.82) is 0 Å². The maximum absolute atomic E-state index is 12.1. The quantitative estimate of drug-likeness (QED) is 0.599. The van der Waals surface area contributed by atoms with E-state index in [-0.39, 0.29) is 17.5 Å². The highest BCUT2D eigenvalue weighted by atomic mass is 19.3. The Morgan fingerprint density at radius 2 is 2.06 bits per heavy atom. The Labute approximate surface area is 102 Å². The Balaban J connectivity index is 3.11. The van der Waals surface area contributed by atoms with Crippen LogP contribution in [0.25, 0.3) is 0 Å². The number of nitrogens with zero attached hydrogens (tertiary/aromatic N) is 3. The molecule has 9 heteroatoms. The van der Waals surface area contributed by atoms with Crippen molar-refractivity contribution >= 4 is 17.5 Å². The standard InChI is InChI=1S/C9H13F2N5O2/c1-3-12-9-14-5(2)7(16(17)18)8(15-9)13-4-6(10)11/h6H,3-4H2,1-2H3,(H2,12,13,14,15). The van der Waals surface area contributed by atoms with Gasteiger partial charge in [0.05, 0.1) is 11.5 Å². The van der Waals surface area contributed by atoms with Gasteiger partial charge in [-0.2, -0.15) is 4.98 Å². The summed E-state index contributed by atoms with van der Waals surface area (Å²) in [6.45, 7) is 3.04. The molecular weight excluding hydrogens is 248 g/mol. The van der Waals surface area contributed by atoms with E-state index in [9.17, 15) is 18.9 Å². The van der Waals surface area contributed by atoms with E-state index in [2.05, 4.69) is 20.6 Å². The van der Waals surface area contributed by atoms with Gasteiger partial charge in [-0.15, -0.1) is 0 Å². The van der Waals surface area contributed by atoms with E-state index in [1.165, 1.54) is 6.92 Å². The third kappa shape index (κ3) is 3.47. The molecule has 1 aromatic rings. The van der Waals surface area contributed by atoms with Crippen LogP contribution >= 0.6 is 0 Å². The summed E-state index contributed by atoms with van der Waals surface area (Å²) < 4.78 is 24.2. The lowest BCUT2D eigenvalue weighted by Crippen LogP contribution is -2.15. The van der Waals surface area contributed by atoms with Crippen molar-refractivity contribution in [2.75, 3.05) is 23.7 Å². The smallest absolute Gasteiger partial charge is 0.332 e. The van der Waals surface area contributed by atoms with E-state index in [4.69, 9.17) is 0 Å². The molecule has 0 aromatic carbocycles. The second-order valence-corrected chi connectivity index (χ2v) is 3.39. The van der Waals surface area contributed by atoms with Crippen molar-refractivity contribution in [3.63, 3.8) is 0 Å². The SMILES string of the molecule is CCNc1nc(C)c([N+](=O)[O-])c(NCC(F)F)n1. The van der Waals surface area contributed by atoms with Crippen LogP contribution in [0.4, 0.5) is 26.2 Å². The maximum Gasteiger partial charge on any atom is 0.332 e. The molecule has 100 valence electrons. The van der Waals surface area contributed by atoms with Crippen molar-refractivity contribution in [3.8, 4) is 0 Å². The number of rotatable bonds is 6. The second-order valence-electron chi connectivity index (χ2n) is 3.39. The number of hydrogen-bond acceptors (Lipinski definition) is 6. The van der Waals surface area contributed by atoms with Crippen molar-refractivity contribution in [2.24, 2.45) is 0 Å². The first kappa shape index (κ1) is 14.0. The fraction of sp³-hybridized carbons (Fsp3) is 0.556. The molecule has 0 aliphatic heterocycles. The van der Waals surface area contributed by atoms with E-state index in [0.717, 1.165) is 0 Å². The number of nitro groups is 1. The molecule has 0 aliphatic rings. The molecule has 0 spiro atoms. The minimum atomic E-state index is -2.62. The van der Waals surface area contributed by atoms with Crippen LogP contribution in [-0.4, -0.2) is 34.4 Å². The van der Waals surface area contributed by atoms with Gasteiger partial charge in [-0.05, 0) is 13.8 Å². The monoisotopic (exact) mass is 261 g/mol. The largest absolute Gasteiger partial charge is 0.358 e. The average molecular weight is 261 g/mol. The van der Waals surface area contributed by atoms with Crippen LogP contribution in [0.5, 0.6) is 0 Å². The van der Waals surface area contributed by atoms with Crippen LogP contribution in [0, 0.1) is 17.0 Å². The third-order valence-corrected chi connectivity index (χ3v) is 2.00. The Kier molecular flexibility index (Phi) is 4.69. The van der Waals surface area contributed by atoms with Crippen LogP contribution in [0.3, 0.4) is 0 Å². The minimum Gasteiger partial charge on any atom is -0.358 e. The number of aromatic nitrogens is 2. The lowest BCUT2D eigenvalue weighted by molar-refractivity contribution is -0.385. The Hall–Kier alpha value is -2.06. The Bertz CT molecular complexity index is 441. The normalized spacial score (nSPS) is 10.5. The maximum atomic E-state index is 12.1. The topological polar surface area (TPSA) is 93.0 Å². The molecule has 0 saturated carbocycles. The molecule has 0 saturated heterocycles. The zero-order valence-electron chi connectivity index (χ0n) is 9.91. The fourth-order valence-corrected chi connectivity index (χ4v) is 1.32. The van der Waals surface area contributed by atoms with E-state index < -0.39 is 23.6 Å². The molecule has 7 nitrogen and oxygen atoms in total. The van der Waals surface area contributed by atoms with Crippen LogP contribution in [0.2, 0.25) is 0 Å². The van der Waals surface area contributed by atoms with Gasteiger partial charge >= 0.3 is 5.69 Å². The van der Waals surface area contributed by atoms with E-state index >= 15 is 0 Å². The van der Waals surface area contributed by atoms with Crippen molar-refractivity contribution < 1.29 is 13.7 Å². The number of aryl methyl sites for hydroxylation is 1. The summed E-state index contributed by atoms with van der Waals surface area (Å²) in [5, 5.41) is 15.9. The van der Waals surface area contributed by atoms with E-state index in [1.807, 2.05) is 0 Å². The molecule has 1 heterocycles. The number of alkyl halides is 2. The summed E-state index contributed by atoms with van der Waals surface area (Å²) >= 11 is 0. The summed E-state index contributed by atoms with van der Waals surface area (Å²) in [6.07, 6.45) is -2.62. The van der Waals surface area contributed by atoms with Gasteiger partial charge in [-0.25, -0.2) is 13.8 Å². The summed E-state index contributed by atoms with van der Waals surface area (Å²) in [5.41, 5.74) is -0.278. The van der Waals surface area contributed by atoms with Gasteiger partial charge in [-0.1, -0.05) is 0 Å². The zero-order chi connectivity index (χ0) is 13.7. The predicted octanol–water partition coefficient (Wildman–Crippen LogP) is 1.80. The van der Waals surface area contributed by atoms with Crippen LogP contribution in [-0.2, 0) is 0 Å². The highest BCUT2D eigenvalue weighted by Crippen LogP contribution is 2.26. The third-order valence-electron chi connectivity index (χ3n) is 2.00. The number of nitrogens with one attached hydrogen (secondary N) is 2. The summed E-state index contributed by atoms with van der Waals surface area (Å²) in [7, 11) is 0. The second kappa shape index (κ2) is 6.03. The lowest BCUT2D eigenvalue weighted by atomic mass is 10.3. The van der Waals surface area contributed by atoms with E-state index in [0.29, 0.717) is 6.54 Å². The molecule has 0 fully saturated rings. The number of anilines is 2. The van der Waals surface area contributed by atoms with Crippen molar-refractivity contribution in [1.82, 2.24) is 9.97 Å². The van der Waals surface area contributed by atoms with Gasteiger partial charge in [0.2, 0.25) is 11.8 Å². The van der Waals surface area contributed by atoms with Crippen molar-refractivity contribution in [3.05, 3.63) is 15.8 Å². The van der Waals surface area contributed by atoms with Crippen LogP contribution in [0.15, 0.2) is 0 Å². The Morgan fingerprint density at radius 3 is 2.56 bits per heavy atom. The molecule has 0 unspecified atom stereocenters. The summed E-state index contributed by atoms with van der Waals surface area (Å²) in [5.74, 6) is -0.0406. The molecule has 1 aromatic heterocycles.